The van der Waals surface area contributed by atoms with Gasteiger partial charge in [0.15, 0.2) is 0 Å². The lowest BCUT2D eigenvalue weighted by Gasteiger charge is -2.33. The Labute approximate surface area is 218 Å². The second-order valence-electron chi connectivity index (χ2n) is 9.30. The van der Waals surface area contributed by atoms with Crippen LogP contribution in [-0.2, 0) is 20.3 Å². The summed E-state index contributed by atoms with van der Waals surface area (Å²) >= 11 is 0. The number of alkyl halides is 3. The van der Waals surface area contributed by atoms with Crippen LogP contribution in [0, 0.1) is 6.92 Å². The molecule has 2 heterocycles. The Morgan fingerprint density at radius 3 is 2.50 bits per heavy atom. The van der Waals surface area contributed by atoms with Crippen molar-refractivity contribution in [2.45, 2.75) is 26.1 Å². The van der Waals surface area contributed by atoms with E-state index in [1.165, 1.54) is 20.3 Å². The largest absolute Gasteiger partial charge is 0.496 e. The molecule has 12 heteroatoms. The molecule has 8 nitrogen and oxygen atoms in total. The first-order chi connectivity index (χ1) is 17.9. The van der Waals surface area contributed by atoms with Gasteiger partial charge in [0.05, 0.1) is 23.5 Å². The van der Waals surface area contributed by atoms with Crippen LogP contribution in [0.3, 0.4) is 0 Å². The van der Waals surface area contributed by atoms with E-state index in [1.54, 1.807) is 36.9 Å². The summed E-state index contributed by atoms with van der Waals surface area (Å²) in [6, 6.07) is 8.09. The summed E-state index contributed by atoms with van der Waals surface area (Å²) in [5.74, 6) is 1.17. The third-order valence-electron chi connectivity index (χ3n) is 6.70. The van der Waals surface area contributed by atoms with Crippen molar-refractivity contribution < 1.29 is 32.0 Å². The summed E-state index contributed by atoms with van der Waals surface area (Å²) in [4.78, 5) is 22.9. The first kappa shape index (κ1) is 27.9. The van der Waals surface area contributed by atoms with Gasteiger partial charge in [-0.1, -0.05) is 12.1 Å². The number of ether oxygens (including phenoxy) is 2. The quantitative estimate of drug-likeness (QED) is 0.430. The molecule has 1 amide bonds. The zero-order valence-corrected chi connectivity index (χ0v) is 22.5. The highest BCUT2D eigenvalue weighted by Gasteiger charge is 2.35. The molecule has 3 aromatic rings. The minimum absolute atomic E-state index is 0.0284. The van der Waals surface area contributed by atoms with E-state index in [0.717, 1.165) is 12.1 Å². The van der Waals surface area contributed by atoms with Crippen molar-refractivity contribution in [3.8, 4) is 5.75 Å². The molecule has 204 valence electrons. The van der Waals surface area contributed by atoms with Crippen molar-refractivity contribution in [3.63, 3.8) is 0 Å². The number of fused-ring (bicyclic) bond motifs is 1. The van der Waals surface area contributed by atoms with Gasteiger partial charge in [-0.05, 0) is 37.6 Å². The van der Waals surface area contributed by atoms with Crippen LogP contribution in [0.4, 0.5) is 19.0 Å². The minimum atomic E-state index is -4.45. The van der Waals surface area contributed by atoms with Crippen LogP contribution in [0.15, 0.2) is 36.4 Å². The maximum Gasteiger partial charge on any atom is 0.416 e. The fraction of sp³-hybridized carbons (Fsp3) is 0.423. The summed E-state index contributed by atoms with van der Waals surface area (Å²) in [5.41, 5.74) is 0.268. The molecule has 0 bridgehead atoms. The van der Waals surface area contributed by atoms with Gasteiger partial charge in [-0.25, -0.2) is 9.97 Å². The second kappa shape index (κ2) is 10.9. The summed E-state index contributed by atoms with van der Waals surface area (Å²) in [6.45, 7) is 4.11. The van der Waals surface area contributed by atoms with Crippen molar-refractivity contribution in [1.29, 1.82) is 0 Å². The van der Waals surface area contributed by atoms with Crippen molar-refractivity contribution in [2.24, 2.45) is 0 Å². The number of aromatic nitrogens is 2. The molecule has 1 fully saturated rings. The van der Waals surface area contributed by atoms with Gasteiger partial charge in [0.25, 0.3) is 0 Å². The summed E-state index contributed by atoms with van der Waals surface area (Å²) in [6.07, 6.45) is -3.86. The van der Waals surface area contributed by atoms with Gasteiger partial charge < -0.3 is 24.3 Å². The van der Waals surface area contributed by atoms with Gasteiger partial charge in [-0.2, -0.15) is 13.2 Å². The van der Waals surface area contributed by atoms with Gasteiger partial charge >= 0.3 is 6.18 Å². The number of amides is 1. The van der Waals surface area contributed by atoms with E-state index in [0.29, 0.717) is 64.6 Å². The molecule has 1 saturated heterocycles. The smallest absolute Gasteiger partial charge is 0.416 e. The Bertz CT molecular complexity index is 1390. The molecule has 1 atom stereocenters. The Balaban J connectivity index is 1.70. The third-order valence-corrected chi connectivity index (χ3v) is 9.77. The number of hydrogen-bond acceptors (Lipinski definition) is 7. The lowest BCUT2D eigenvalue weighted by atomic mass is 10.0. The van der Waals surface area contributed by atoms with Gasteiger partial charge in [-0.15, -0.1) is 0 Å². The Morgan fingerprint density at radius 2 is 1.87 bits per heavy atom. The SMILES string of the molecule is COCC(=O)N1CCP(=O)(c2cc3c(N[C@H](C)c4cccc(C(F)(F)F)c4)nc(C)nc3cc2OC)CC1. The molecule has 0 radical (unpaired) electrons. The lowest BCUT2D eigenvalue weighted by Crippen LogP contribution is -2.42. The molecule has 1 aromatic heterocycles. The molecule has 38 heavy (non-hydrogen) atoms. The van der Waals surface area contributed by atoms with Gasteiger partial charge in [0.1, 0.15) is 31.1 Å². The highest BCUT2D eigenvalue weighted by molar-refractivity contribution is 7.72. The van der Waals surface area contributed by atoms with Gasteiger partial charge in [-0.3, -0.25) is 4.79 Å². The summed E-state index contributed by atoms with van der Waals surface area (Å²) in [7, 11) is 0.0150. The number of benzene rings is 2. The number of carbonyl (C=O) groups is 1. The van der Waals surface area contributed by atoms with Crippen molar-refractivity contribution >= 4 is 35.1 Å². The van der Waals surface area contributed by atoms with Crippen LogP contribution in [-0.4, -0.2) is 67.0 Å². The zero-order chi connectivity index (χ0) is 27.7. The second-order valence-corrected chi connectivity index (χ2v) is 12.5. The summed E-state index contributed by atoms with van der Waals surface area (Å²) in [5, 5.41) is 4.34. The van der Waals surface area contributed by atoms with E-state index in [9.17, 15) is 22.5 Å². The molecule has 2 aromatic carbocycles. The first-order valence-corrected chi connectivity index (χ1v) is 14.2. The number of halogens is 3. The fourth-order valence-electron chi connectivity index (χ4n) is 4.62. The number of rotatable bonds is 7. The lowest BCUT2D eigenvalue weighted by molar-refractivity contribution is -0.137. The van der Waals surface area contributed by atoms with Crippen LogP contribution in [0.25, 0.3) is 10.9 Å². The average molecular weight is 551 g/mol. The zero-order valence-electron chi connectivity index (χ0n) is 21.6. The average Bonchev–Trinajstić information content (AvgIpc) is 2.88. The van der Waals surface area contributed by atoms with Gasteiger partial charge in [0.2, 0.25) is 5.91 Å². The Kier molecular flexibility index (Phi) is 7.99. The molecule has 0 aliphatic carbocycles. The van der Waals surface area contributed by atoms with Gasteiger partial charge in [0, 0.05) is 50.0 Å². The van der Waals surface area contributed by atoms with Crippen LogP contribution < -0.4 is 15.4 Å². The molecule has 1 aliphatic rings. The molecule has 4 rings (SSSR count). The monoisotopic (exact) mass is 550 g/mol. The number of carbonyl (C=O) groups excluding carboxylic acids is 1. The van der Waals surface area contributed by atoms with E-state index in [2.05, 4.69) is 15.3 Å². The fourth-order valence-corrected chi connectivity index (χ4v) is 7.38. The topological polar surface area (TPSA) is 93.7 Å². The predicted molar refractivity (Wildman–Crippen MR) is 140 cm³/mol. The number of nitrogens with one attached hydrogen (secondary N) is 1. The molecule has 1 N–H and O–H groups in total. The first-order valence-electron chi connectivity index (χ1n) is 12.1. The highest BCUT2D eigenvalue weighted by atomic mass is 31.2. The van der Waals surface area contributed by atoms with Crippen molar-refractivity contribution in [2.75, 3.05) is 51.6 Å². The maximum absolute atomic E-state index is 14.1. The molecule has 1 aliphatic heterocycles. The molecule has 0 unspecified atom stereocenters. The maximum atomic E-state index is 14.1. The van der Waals surface area contributed by atoms with Crippen LogP contribution in [0.2, 0.25) is 0 Å². The van der Waals surface area contributed by atoms with E-state index >= 15 is 0 Å². The predicted octanol–water partition coefficient (Wildman–Crippen LogP) is 4.62. The molecule has 0 spiro atoms. The van der Waals surface area contributed by atoms with E-state index in [-0.39, 0.29) is 12.5 Å². The molecular formula is C26H30F3N4O4P. The normalized spacial score (nSPS) is 16.3. The Hall–Kier alpha value is -3.17. The molecule has 0 saturated carbocycles. The number of nitrogens with zero attached hydrogens (tertiary/aromatic N) is 3. The number of aryl methyl sites for hydroxylation is 1. The number of hydrogen-bond donors (Lipinski definition) is 1. The van der Waals surface area contributed by atoms with E-state index in [4.69, 9.17) is 9.47 Å². The number of anilines is 1. The summed E-state index contributed by atoms with van der Waals surface area (Å²) < 4.78 is 64.4. The number of methoxy groups -OCH3 is 2. The third kappa shape index (κ3) is 5.78. The van der Waals surface area contributed by atoms with Crippen molar-refractivity contribution in [1.82, 2.24) is 14.9 Å². The van der Waals surface area contributed by atoms with Crippen molar-refractivity contribution in [3.05, 3.63) is 53.3 Å². The Morgan fingerprint density at radius 1 is 1.16 bits per heavy atom. The van der Waals surface area contributed by atoms with Crippen LogP contribution >= 0.6 is 7.14 Å². The van der Waals surface area contributed by atoms with E-state index < -0.39 is 24.9 Å². The minimum Gasteiger partial charge on any atom is -0.496 e. The van der Waals surface area contributed by atoms with E-state index in [1.807, 2.05) is 0 Å². The molecular weight excluding hydrogens is 520 g/mol. The van der Waals surface area contributed by atoms with Crippen LogP contribution in [0.1, 0.15) is 29.9 Å². The highest BCUT2D eigenvalue weighted by Crippen LogP contribution is 2.49. The standard InChI is InChI=1S/C26H30F3N4O4P/c1-16(18-6-5-7-19(12-18)26(27,28)29)30-25-20-13-23(22(37-4)14-21(20)31-17(2)32-25)38(35)10-8-33(9-11-38)24(34)15-36-3/h5-7,12-14,16H,8-11,15H2,1-4H3,(H,30,31,32)/t16-/m1/s1. The van der Waals surface area contributed by atoms with Crippen LogP contribution in [0.5, 0.6) is 5.75 Å².